The molecule has 214 valence electrons. The zero-order valence-corrected chi connectivity index (χ0v) is 24.3. The van der Waals surface area contributed by atoms with Gasteiger partial charge in [0.2, 0.25) is 0 Å². The van der Waals surface area contributed by atoms with Crippen LogP contribution >= 0.6 is 7.82 Å². The Morgan fingerprint density at radius 2 is 1.41 bits per heavy atom. The van der Waals surface area contributed by atoms with Crippen molar-refractivity contribution in [3.63, 3.8) is 0 Å². The van der Waals surface area contributed by atoms with Gasteiger partial charge in [0.15, 0.2) is 0 Å². The van der Waals surface area contributed by atoms with Gasteiger partial charge in [0.1, 0.15) is 19.3 Å². The normalized spacial score (nSPS) is 15.3. The minimum Gasteiger partial charge on any atom is -0.457 e. The molecular weight excluding hydrogens is 493 g/mol. The van der Waals surface area contributed by atoms with Gasteiger partial charge in [-0.25, -0.2) is 4.57 Å². The van der Waals surface area contributed by atoms with Gasteiger partial charge in [-0.15, -0.1) is 0 Å². The van der Waals surface area contributed by atoms with E-state index in [4.69, 9.17) is 13.8 Å². The molecule has 0 heterocycles. The number of hydrogen-bond acceptors (Lipinski definition) is 6. The summed E-state index contributed by atoms with van der Waals surface area (Å²) < 4.78 is 27.4. The number of nitrogens with zero attached hydrogens (tertiary/aromatic N) is 1. The molecule has 0 radical (unpaired) electrons. The van der Waals surface area contributed by atoms with Crippen molar-refractivity contribution in [2.45, 2.75) is 77.2 Å². The molecule has 0 amide bonds. The van der Waals surface area contributed by atoms with E-state index in [-0.39, 0.29) is 13.0 Å². The molecule has 0 spiro atoms. The Hall–Kier alpha value is -1.54. The largest absolute Gasteiger partial charge is 0.472 e. The van der Waals surface area contributed by atoms with Crippen molar-refractivity contribution < 1.29 is 37.6 Å². The SMILES string of the molecule is CCCCC/C=C\C/C=C\C/C=C\C/C=C\CCCC(=O)OC(CO)COP(=O)(O)OCC[N+](C)(C)C. The van der Waals surface area contributed by atoms with E-state index in [1.54, 1.807) is 0 Å². The van der Waals surface area contributed by atoms with Crippen molar-refractivity contribution in [1.82, 2.24) is 0 Å². The van der Waals surface area contributed by atoms with Gasteiger partial charge in [-0.1, -0.05) is 68.4 Å². The first-order valence-corrected chi connectivity index (χ1v) is 14.9. The maximum absolute atomic E-state index is 12.0. The van der Waals surface area contributed by atoms with Gasteiger partial charge in [0.25, 0.3) is 0 Å². The van der Waals surface area contributed by atoms with Gasteiger partial charge >= 0.3 is 13.8 Å². The van der Waals surface area contributed by atoms with Crippen LogP contribution in [-0.2, 0) is 23.1 Å². The predicted molar refractivity (Wildman–Crippen MR) is 150 cm³/mol. The predicted octanol–water partition coefficient (Wildman–Crippen LogP) is 5.88. The van der Waals surface area contributed by atoms with Crippen molar-refractivity contribution in [2.24, 2.45) is 0 Å². The topological polar surface area (TPSA) is 102 Å². The molecule has 0 rings (SSSR count). The minimum atomic E-state index is -4.28. The van der Waals surface area contributed by atoms with Crippen molar-refractivity contribution in [3.8, 4) is 0 Å². The highest BCUT2D eigenvalue weighted by molar-refractivity contribution is 7.47. The van der Waals surface area contributed by atoms with Crippen LogP contribution < -0.4 is 0 Å². The molecule has 0 aliphatic carbocycles. The Kier molecular flexibility index (Phi) is 21.5. The monoisotopic (exact) mass is 544 g/mol. The Morgan fingerprint density at radius 1 is 0.865 bits per heavy atom. The van der Waals surface area contributed by atoms with Gasteiger partial charge in [0, 0.05) is 6.42 Å². The second-order valence-electron chi connectivity index (χ2n) is 9.89. The number of aliphatic hydroxyl groups excluding tert-OH is 1. The molecule has 0 saturated heterocycles. The smallest absolute Gasteiger partial charge is 0.457 e. The quantitative estimate of drug-likeness (QED) is 0.0545. The molecule has 0 aromatic rings. The summed E-state index contributed by atoms with van der Waals surface area (Å²) in [4.78, 5) is 21.7. The number of carbonyl (C=O) groups excluding carboxylic acids is 1. The molecule has 0 aliphatic heterocycles. The lowest BCUT2D eigenvalue weighted by atomic mass is 10.2. The molecule has 0 aromatic heterocycles. The third kappa shape index (κ3) is 25.9. The van der Waals surface area contributed by atoms with Gasteiger partial charge < -0.3 is 19.2 Å². The first-order valence-electron chi connectivity index (χ1n) is 13.4. The Bertz CT molecular complexity index is 741. The molecule has 0 fully saturated rings. The van der Waals surface area contributed by atoms with Crippen LogP contribution in [0.5, 0.6) is 0 Å². The van der Waals surface area contributed by atoms with E-state index < -0.39 is 33.1 Å². The highest BCUT2D eigenvalue weighted by Gasteiger charge is 2.25. The highest BCUT2D eigenvalue weighted by atomic mass is 31.2. The third-order valence-electron chi connectivity index (χ3n) is 5.15. The molecule has 0 aromatic carbocycles. The lowest BCUT2D eigenvalue weighted by Crippen LogP contribution is -2.37. The fraction of sp³-hybridized carbons (Fsp3) is 0.679. The van der Waals surface area contributed by atoms with E-state index in [1.807, 2.05) is 27.2 Å². The maximum Gasteiger partial charge on any atom is 0.472 e. The van der Waals surface area contributed by atoms with Crippen LogP contribution in [0.4, 0.5) is 0 Å². The van der Waals surface area contributed by atoms with Crippen LogP contribution in [0.3, 0.4) is 0 Å². The number of phosphoric acid groups is 1. The standard InChI is InChI=1S/C28H50NO7P/c1-5-6-7-8-9-10-11-12-13-14-15-16-17-18-19-20-21-22-28(31)36-27(25-30)26-35-37(32,33)34-24-23-29(2,3)4/h9-10,12-13,15-16,18-19,27,30H,5-8,11,14,17,20-26H2,1-4H3/p+1/b10-9-,13-12-,16-15-,19-18-. The van der Waals surface area contributed by atoms with Crippen molar-refractivity contribution in [3.05, 3.63) is 48.6 Å². The Morgan fingerprint density at radius 3 is 1.92 bits per heavy atom. The number of esters is 1. The van der Waals surface area contributed by atoms with Crippen molar-refractivity contribution >= 4 is 13.8 Å². The average Bonchev–Trinajstić information content (AvgIpc) is 2.82. The van der Waals surface area contributed by atoms with E-state index in [0.29, 0.717) is 17.4 Å². The zero-order chi connectivity index (χ0) is 27.8. The average molecular weight is 545 g/mol. The first kappa shape index (κ1) is 35.5. The summed E-state index contributed by atoms with van der Waals surface area (Å²) in [5, 5.41) is 9.38. The number of rotatable bonds is 23. The maximum atomic E-state index is 12.0. The summed E-state index contributed by atoms with van der Waals surface area (Å²) in [7, 11) is 1.50. The first-order chi connectivity index (χ1) is 17.6. The third-order valence-corrected chi connectivity index (χ3v) is 6.14. The second-order valence-corrected chi connectivity index (χ2v) is 11.3. The molecule has 37 heavy (non-hydrogen) atoms. The van der Waals surface area contributed by atoms with Gasteiger partial charge in [-0.3, -0.25) is 13.8 Å². The lowest BCUT2D eigenvalue weighted by molar-refractivity contribution is -0.870. The summed E-state index contributed by atoms with van der Waals surface area (Å²) in [5.74, 6) is -0.489. The van der Waals surface area contributed by atoms with Gasteiger partial charge in [-0.05, 0) is 44.9 Å². The molecule has 0 saturated carbocycles. The van der Waals surface area contributed by atoms with E-state index in [9.17, 15) is 19.4 Å². The number of aliphatic hydroxyl groups is 1. The van der Waals surface area contributed by atoms with E-state index in [1.165, 1.54) is 25.7 Å². The number of likely N-dealkylation sites (N-methyl/N-ethyl adjacent to an activating group) is 1. The second kappa shape index (κ2) is 22.4. The van der Waals surface area contributed by atoms with Gasteiger partial charge in [0.05, 0.1) is 34.4 Å². The zero-order valence-electron chi connectivity index (χ0n) is 23.4. The van der Waals surface area contributed by atoms with E-state index in [0.717, 1.165) is 25.7 Å². The van der Waals surface area contributed by atoms with Crippen LogP contribution in [0, 0.1) is 0 Å². The summed E-state index contributed by atoms with van der Waals surface area (Å²) >= 11 is 0. The van der Waals surface area contributed by atoms with Crippen LogP contribution in [0.25, 0.3) is 0 Å². The Balaban J connectivity index is 3.91. The molecule has 2 atom stereocenters. The number of quaternary nitrogens is 1. The summed E-state index contributed by atoms with van der Waals surface area (Å²) in [6.07, 6.45) is 25.5. The summed E-state index contributed by atoms with van der Waals surface area (Å²) in [6.45, 7) is 1.85. The number of carbonyl (C=O) groups is 1. The number of ether oxygens (including phenoxy) is 1. The van der Waals surface area contributed by atoms with Crippen molar-refractivity contribution in [2.75, 3.05) is 47.5 Å². The lowest BCUT2D eigenvalue weighted by Gasteiger charge is -2.24. The number of unbranched alkanes of at least 4 members (excludes halogenated alkanes) is 4. The van der Waals surface area contributed by atoms with E-state index >= 15 is 0 Å². The van der Waals surface area contributed by atoms with Crippen LogP contribution in [0.2, 0.25) is 0 Å². The molecule has 2 unspecified atom stereocenters. The van der Waals surface area contributed by atoms with Crippen LogP contribution in [-0.4, -0.2) is 74.1 Å². The number of phosphoric ester groups is 1. The Labute approximate surface area is 224 Å². The fourth-order valence-corrected chi connectivity index (χ4v) is 3.68. The fourth-order valence-electron chi connectivity index (χ4n) is 2.94. The van der Waals surface area contributed by atoms with Crippen molar-refractivity contribution in [1.29, 1.82) is 0 Å². The summed E-state index contributed by atoms with van der Waals surface area (Å²) in [5.41, 5.74) is 0. The van der Waals surface area contributed by atoms with E-state index in [2.05, 4.69) is 49.5 Å². The van der Waals surface area contributed by atoms with Gasteiger partial charge in [-0.2, -0.15) is 0 Å². The van der Waals surface area contributed by atoms with Crippen LogP contribution in [0.15, 0.2) is 48.6 Å². The number of hydrogen-bond donors (Lipinski definition) is 2. The molecule has 2 N–H and O–H groups in total. The molecule has 0 aliphatic rings. The summed E-state index contributed by atoms with van der Waals surface area (Å²) in [6, 6.07) is 0. The minimum absolute atomic E-state index is 0.0400. The number of allylic oxidation sites excluding steroid dienone is 8. The molecule has 8 nitrogen and oxygen atoms in total. The molecular formula is C28H51NO7P+. The van der Waals surface area contributed by atoms with Crippen LogP contribution in [0.1, 0.15) is 71.1 Å². The molecule has 9 heteroatoms. The highest BCUT2D eigenvalue weighted by Crippen LogP contribution is 2.43. The molecule has 0 bridgehead atoms.